The van der Waals surface area contributed by atoms with E-state index in [1.54, 1.807) is 0 Å². The van der Waals surface area contributed by atoms with E-state index in [9.17, 15) is 0 Å². The first-order valence-electron chi connectivity index (χ1n) is 7.17. The smallest absolute Gasteiger partial charge is 0.135 e. The van der Waals surface area contributed by atoms with Crippen molar-refractivity contribution in [2.75, 3.05) is 25.0 Å². The predicted octanol–water partition coefficient (Wildman–Crippen LogP) is 1.69. The molecule has 0 radical (unpaired) electrons. The zero-order valence-corrected chi connectivity index (χ0v) is 13.2. The van der Waals surface area contributed by atoms with Crippen LogP contribution in [0.15, 0.2) is 12.1 Å². The Kier molecular flexibility index (Phi) is 5.89. The molecule has 0 amide bonds. The molecule has 1 unspecified atom stereocenters. The molecule has 20 heavy (non-hydrogen) atoms. The lowest BCUT2D eigenvalue weighted by atomic mass is 10.1. The lowest BCUT2D eigenvalue weighted by Gasteiger charge is -2.13. The van der Waals surface area contributed by atoms with Crippen LogP contribution in [0, 0.1) is 12.3 Å². The van der Waals surface area contributed by atoms with Gasteiger partial charge in [0.2, 0.25) is 0 Å². The van der Waals surface area contributed by atoms with Gasteiger partial charge in [-0.1, -0.05) is 9.39 Å². The van der Waals surface area contributed by atoms with Gasteiger partial charge in [-0.3, -0.25) is 0 Å². The van der Waals surface area contributed by atoms with E-state index >= 15 is 0 Å². The predicted molar refractivity (Wildman–Crippen MR) is 87.6 cm³/mol. The molecular weight excluding hydrogens is 269 g/mol. The number of aryl methyl sites for hydroxylation is 1. The second-order valence-electron chi connectivity index (χ2n) is 5.22. The summed E-state index contributed by atoms with van der Waals surface area (Å²) in [6, 6.07) is 4.59. The Balaban J connectivity index is 1.95. The molecular formula is C14H24N5P. The van der Waals surface area contributed by atoms with Crippen molar-refractivity contribution in [2.45, 2.75) is 32.2 Å². The van der Waals surface area contributed by atoms with E-state index in [0.717, 1.165) is 36.6 Å². The molecule has 1 saturated carbocycles. The Morgan fingerprint density at radius 1 is 1.40 bits per heavy atom. The lowest BCUT2D eigenvalue weighted by Crippen LogP contribution is -2.26. The van der Waals surface area contributed by atoms with Crippen molar-refractivity contribution in [1.82, 2.24) is 15.4 Å². The quantitative estimate of drug-likeness (QED) is 0.318. The Bertz CT molecular complexity index is 459. The highest BCUT2D eigenvalue weighted by molar-refractivity contribution is 7.13. The molecule has 1 aromatic heterocycles. The van der Waals surface area contributed by atoms with Crippen LogP contribution in [0.25, 0.3) is 0 Å². The van der Waals surface area contributed by atoms with Gasteiger partial charge in [0.15, 0.2) is 0 Å². The third-order valence-electron chi connectivity index (χ3n) is 3.29. The third-order valence-corrected chi connectivity index (χ3v) is 3.58. The van der Waals surface area contributed by atoms with E-state index in [1.807, 2.05) is 19.1 Å². The number of anilines is 1. The summed E-state index contributed by atoms with van der Waals surface area (Å²) in [6.07, 6.45) is 3.51. The Hall–Kier alpha value is -1.03. The molecule has 1 aliphatic rings. The van der Waals surface area contributed by atoms with Gasteiger partial charge in [0.05, 0.1) is 5.71 Å². The topological polar surface area (TPSA) is 72.8 Å². The molecule has 1 fully saturated rings. The zero-order valence-electron chi connectivity index (χ0n) is 12.0. The number of rotatable bonds is 9. The fourth-order valence-corrected chi connectivity index (χ4v) is 2.17. The Morgan fingerprint density at radius 3 is 2.90 bits per heavy atom. The maximum absolute atomic E-state index is 8.22. The van der Waals surface area contributed by atoms with E-state index in [-0.39, 0.29) is 0 Å². The van der Waals surface area contributed by atoms with Crippen LogP contribution in [0.5, 0.6) is 0 Å². The van der Waals surface area contributed by atoms with Crippen LogP contribution < -0.4 is 15.7 Å². The van der Waals surface area contributed by atoms with Crippen molar-refractivity contribution in [3.63, 3.8) is 0 Å². The molecule has 0 saturated heterocycles. The van der Waals surface area contributed by atoms with Crippen molar-refractivity contribution in [3.8, 4) is 0 Å². The summed E-state index contributed by atoms with van der Waals surface area (Å²) < 4.78 is 0. The lowest BCUT2D eigenvalue weighted by molar-refractivity contribution is 0.767. The van der Waals surface area contributed by atoms with Crippen molar-refractivity contribution in [2.24, 2.45) is 0 Å². The van der Waals surface area contributed by atoms with Crippen LogP contribution in [-0.4, -0.2) is 36.4 Å². The zero-order chi connectivity index (χ0) is 14.4. The summed E-state index contributed by atoms with van der Waals surface area (Å²) in [5.41, 5.74) is 2.49. The minimum absolute atomic E-state index is 0.607. The summed E-state index contributed by atoms with van der Waals surface area (Å²) in [6.45, 7) is 4.40. The number of pyridine rings is 1. The van der Waals surface area contributed by atoms with Crippen LogP contribution in [0.2, 0.25) is 0 Å². The summed E-state index contributed by atoms with van der Waals surface area (Å²) in [5.74, 6) is 0.830. The van der Waals surface area contributed by atoms with Gasteiger partial charge in [0, 0.05) is 36.9 Å². The van der Waals surface area contributed by atoms with Crippen molar-refractivity contribution in [1.29, 1.82) is 5.41 Å². The van der Waals surface area contributed by atoms with Crippen LogP contribution >= 0.6 is 9.39 Å². The molecule has 0 spiro atoms. The molecule has 0 bridgehead atoms. The van der Waals surface area contributed by atoms with E-state index in [2.05, 4.69) is 30.1 Å². The molecule has 2 rings (SSSR count). The van der Waals surface area contributed by atoms with Gasteiger partial charge >= 0.3 is 0 Å². The van der Waals surface area contributed by atoms with Crippen LogP contribution in [-0.2, 0) is 0 Å². The molecule has 1 aliphatic carbocycles. The van der Waals surface area contributed by atoms with Crippen LogP contribution in [0.3, 0.4) is 0 Å². The SMILES string of the molecule is Cc1ccc(C(=N)CNC2CC2)c(NCCCNP)n1. The van der Waals surface area contributed by atoms with Crippen molar-refractivity contribution >= 4 is 20.9 Å². The number of aromatic nitrogens is 1. The van der Waals surface area contributed by atoms with Gasteiger partial charge in [-0.15, -0.1) is 0 Å². The van der Waals surface area contributed by atoms with Gasteiger partial charge in [-0.2, -0.15) is 0 Å². The van der Waals surface area contributed by atoms with E-state index < -0.39 is 0 Å². The minimum Gasteiger partial charge on any atom is -0.369 e. The van der Waals surface area contributed by atoms with Crippen molar-refractivity contribution < 1.29 is 0 Å². The summed E-state index contributed by atoms with van der Waals surface area (Å²) in [4.78, 5) is 4.53. The molecule has 1 aromatic rings. The van der Waals surface area contributed by atoms with E-state index in [1.165, 1.54) is 12.8 Å². The van der Waals surface area contributed by atoms with Crippen LogP contribution in [0.4, 0.5) is 5.82 Å². The highest BCUT2D eigenvalue weighted by atomic mass is 31.0. The van der Waals surface area contributed by atoms with Gasteiger partial charge < -0.3 is 21.1 Å². The van der Waals surface area contributed by atoms with E-state index in [4.69, 9.17) is 5.41 Å². The Labute approximate surface area is 123 Å². The summed E-state index contributed by atoms with van der Waals surface area (Å²) >= 11 is 0. The minimum atomic E-state index is 0.607. The molecule has 1 heterocycles. The number of nitrogens with one attached hydrogen (secondary N) is 4. The first-order valence-corrected chi connectivity index (χ1v) is 7.74. The van der Waals surface area contributed by atoms with Gasteiger partial charge in [0.25, 0.3) is 0 Å². The average Bonchev–Trinajstić information content (AvgIpc) is 3.25. The van der Waals surface area contributed by atoms with Crippen LogP contribution in [0.1, 0.15) is 30.5 Å². The average molecular weight is 293 g/mol. The van der Waals surface area contributed by atoms with E-state index in [0.29, 0.717) is 18.3 Å². The molecule has 0 aromatic carbocycles. The fourth-order valence-electron chi connectivity index (χ4n) is 1.96. The number of nitrogens with zero attached hydrogens (tertiary/aromatic N) is 1. The molecule has 1 atom stereocenters. The number of hydrogen-bond acceptors (Lipinski definition) is 5. The summed E-state index contributed by atoms with van der Waals surface area (Å²) in [5, 5.41) is 18.0. The maximum Gasteiger partial charge on any atom is 0.135 e. The maximum atomic E-state index is 8.22. The number of hydrogen-bond donors (Lipinski definition) is 4. The molecule has 6 heteroatoms. The second-order valence-corrected chi connectivity index (χ2v) is 5.63. The summed E-state index contributed by atoms with van der Waals surface area (Å²) in [7, 11) is 2.50. The normalized spacial score (nSPS) is 14.3. The molecule has 5 nitrogen and oxygen atoms in total. The van der Waals surface area contributed by atoms with Gasteiger partial charge in [-0.25, -0.2) is 4.98 Å². The monoisotopic (exact) mass is 293 g/mol. The molecule has 110 valence electrons. The first kappa shape index (κ1) is 15.4. The standard InChI is InChI=1S/C14H24N5P/c1-10-3-6-12(13(15)9-17-11-4-5-11)14(19-10)16-7-2-8-18-20/h3,6,11,15,17-18H,2,4-5,7-9,20H2,1H3,(H,16,19). The third kappa shape index (κ3) is 4.82. The van der Waals surface area contributed by atoms with Gasteiger partial charge in [0.1, 0.15) is 5.82 Å². The Morgan fingerprint density at radius 2 is 2.20 bits per heavy atom. The molecule has 0 aliphatic heterocycles. The van der Waals surface area contributed by atoms with Crippen molar-refractivity contribution in [3.05, 3.63) is 23.4 Å². The van der Waals surface area contributed by atoms with Gasteiger partial charge in [-0.05, 0) is 38.3 Å². The largest absolute Gasteiger partial charge is 0.369 e. The molecule has 4 N–H and O–H groups in total. The second kappa shape index (κ2) is 7.67. The highest BCUT2D eigenvalue weighted by Crippen LogP contribution is 2.19. The first-order chi connectivity index (χ1) is 9.70. The highest BCUT2D eigenvalue weighted by Gasteiger charge is 2.21. The fraction of sp³-hybridized carbons (Fsp3) is 0.571.